The summed E-state index contributed by atoms with van der Waals surface area (Å²) in [5, 5.41) is 11.0. The van der Waals surface area contributed by atoms with Crippen LogP contribution >= 0.6 is 11.6 Å². The van der Waals surface area contributed by atoms with Crippen LogP contribution in [0.3, 0.4) is 0 Å². The van der Waals surface area contributed by atoms with Gasteiger partial charge >= 0.3 is 5.97 Å². The van der Waals surface area contributed by atoms with Crippen LogP contribution in [0.25, 0.3) is 0 Å². The smallest absolute Gasteiger partial charge is 0.310 e. The van der Waals surface area contributed by atoms with Crippen molar-refractivity contribution in [3.05, 3.63) is 76.0 Å². The minimum Gasteiger partial charge on any atom is -0.467 e. The van der Waals surface area contributed by atoms with Crippen LogP contribution in [0.15, 0.2) is 52.2 Å². The van der Waals surface area contributed by atoms with Crippen molar-refractivity contribution in [1.82, 2.24) is 14.8 Å². The molecule has 0 N–H and O–H groups in total. The van der Waals surface area contributed by atoms with Gasteiger partial charge in [0, 0.05) is 29.2 Å². The van der Waals surface area contributed by atoms with Crippen LogP contribution in [0, 0.1) is 19.8 Å². The van der Waals surface area contributed by atoms with Gasteiger partial charge in [0.25, 0.3) is 5.91 Å². The van der Waals surface area contributed by atoms with Gasteiger partial charge in [0.05, 0.1) is 24.1 Å². The number of hydrazone groups is 1. The monoisotopic (exact) mass is 496 g/mol. The van der Waals surface area contributed by atoms with Crippen molar-refractivity contribution in [2.45, 2.75) is 53.1 Å². The number of hydrogen-bond acceptors (Lipinski definition) is 6. The Balaban J connectivity index is 1.44. The first-order valence-corrected chi connectivity index (χ1v) is 12.0. The number of aryl methyl sites for hydroxylation is 1. The molecule has 1 atom stereocenters. The van der Waals surface area contributed by atoms with Gasteiger partial charge in [-0.15, -0.1) is 0 Å². The zero-order chi connectivity index (χ0) is 25.1. The molecule has 9 heteroatoms. The van der Waals surface area contributed by atoms with Gasteiger partial charge in [0.15, 0.2) is 6.61 Å². The van der Waals surface area contributed by atoms with Gasteiger partial charge in [-0.25, -0.2) is 5.01 Å². The van der Waals surface area contributed by atoms with E-state index in [2.05, 4.69) is 24.0 Å². The van der Waals surface area contributed by atoms with Crippen molar-refractivity contribution in [2.24, 2.45) is 11.0 Å². The Hall–Kier alpha value is -3.39. The lowest BCUT2D eigenvalue weighted by Crippen LogP contribution is -2.31. The summed E-state index contributed by atoms with van der Waals surface area (Å²) in [5.74, 6) is 0.143. The first-order valence-electron chi connectivity index (χ1n) is 11.6. The van der Waals surface area contributed by atoms with E-state index in [1.54, 1.807) is 30.5 Å². The van der Waals surface area contributed by atoms with Crippen LogP contribution in [0.5, 0.6) is 0 Å². The third-order valence-electron chi connectivity index (χ3n) is 5.96. The van der Waals surface area contributed by atoms with E-state index in [0.717, 1.165) is 34.8 Å². The zero-order valence-corrected chi connectivity index (χ0v) is 21.1. The van der Waals surface area contributed by atoms with Crippen LogP contribution in [0.2, 0.25) is 5.02 Å². The Morgan fingerprint density at radius 1 is 1.20 bits per heavy atom. The molecule has 0 fully saturated rings. The normalized spacial score (nSPS) is 15.5. The lowest BCUT2D eigenvalue weighted by atomic mass is 10.0. The van der Waals surface area contributed by atoms with E-state index in [1.165, 1.54) is 5.01 Å². The Kier molecular flexibility index (Phi) is 7.40. The number of hydrogen-bond donors (Lipinski definition) is 0. The molecular formula is C26H29ClN4O4. The van der Waals surface area contributed by atoms with Crippen LogP contribution in [0.4, 0.5) is 0 Å². The number of benzene rings is 1. The fourth-order valence-electron chi connectivity index (χ4n) is 4.18. The average Bonchev–Trinajstić information content (AvgIpc) is 3.54. The molecule has 1 aromatic carbocycles. The van der Waals surface area contributed by atoms with Gasteiger partial charge in [-0.2, -0.15) is 10.2 Å². The third kappa shape index (κ3) is 5.65. The minimum absolute atomic E-state index is 0.0595. The molecule has 1 aliphatic rings. The maximum atomic E-state index is 13.1. The molecule has 0 radical (unpaired) electrons. The van der Waals surface area contributed by atoms with E-state index in [9.17, 15) is 9.59 Å². The van der Waals surface area contributed by atoms with E-state index in [4.69, 9.17) is 20.8 Å². The van der Waals surface area contributed by atoms with Crippen molar-refractivity contribution in [2.75, 3.05) is 6.61 Å². The van der Waals surface area contributed by atoms with Crippen LogP contribution < -0.4 is 0 Å². The SMILES string of the molecule is Cc1nn(CC(C)C)c(C)c1CC(=O)OCC(=O)N1N=C(c2ccc(Cl)cc2)CC1c1ccco1. The van der Waals surface area contributed by atoms with Gasteiger partial charge in [-0.05, 0) is 49.6 Å². The second kappa shape index (κ2) is 10.5. The Bertz CT molecular complexity index is 1230. The highest BCUT2D eigenvalue weighted by Crippen LogP contribution is 2.33. The van der Waals surface area contributed by atoms with E-state index in [1.807, 2.05) is 30.7 Å². The molecule has 1 aliphatic heterocycles. The summed E-state index contributed by atoms with van der Waals surface area (Å²) >= 11 is 6.01. The molecule has 3 aromatic rings. The molecule has 4 rings (SSSR count). The second-order valence-corrected chi connectivity index (χ2v) is 9.53. The van der Waals surface area contributed by atoms with Crippen LogP contribution in [0.1, 0.15) is 54.6 Å². The van der Waals surface area contributed by atoms with Crippen molar-refractivity contribution in [3.8, 4) is 0 Å². The molecule has 35 heavy (non-hydrogen) atoms. The predicted octanol–water partition coefficient (Wildman–Crippen LogP) is 4.87. The lowest BCUT2D eigenvalue weighted by Gasteiger charge is -2.19. The predicted molar refractivity (Wildman–Crippen MR) is 132 cm³/mol. The van der Waals surface area contributed by atoms with Crippen LogP contribution in [-0.2, 0) is 27.3 Å². The molecule has 0 aliphatic carbocycles. The molecule has 184 valence electrons. The highest BCUT2D eigenvalue weighted by Gasteiger charge is 2.35. The number of esters is 1. The number of amides is 1. The summed E-state index contributed by atoms with van der Waals surface area (Å²) in [4.78, 5) is 25.7. The summed E-state index contributed by atoms with van der Waals surface area (Å²) in [7, 11) is 0. The molecule has 0 bridgehead atoms. The Morgan fingerprint density at radius 2 is 1.94 bits per heavy atom. The topological polar surface area (TPSA) is 89.9 Å². The third-order valence-corrected chi connectivity index (χ3v) is 6.21. The van der Waals surface area contributed by atoms with Crippen LogP contribution in [-0.4, -0.2) is 39.0 Å². The molecule has 0 saturated carbocycles. The highest BCUT2D eigenvalue weighted by atomic mass is 35.5. The number of halogens is 1. The number of furan rings is 1. The van der Waals surface area contributed by atoms with E-state index >= 15 is 0 Å². The first-order chi connectivity index (χ1) is 16.7. The average molecular weight is 497 g/mol. The van der Waals surface area contributed by atoms with E-state index < -0.39 is 24.5 Å². The fourth-order valence-corrected chi connectivity index (χ4v) is 4.30. The largest absolute Gasteiger partial charge is 0.467 e. The second-order valence-electron chi connectivity index (χ2n) is 9.09. The van der Waals surface area contributed by atoms with Crippen molar-refractivity contribution >= 4 is 29.2 Å². The number of ether oxygens (including phenoxy) is 1. The summed E-state index contributed by atoms with van der Waals surface area (Å²) in [6.07, 6.45) is 2.09. The lowest BCUT2D eigenvalue weighted by molar-refractivity contribution is -0.152. The van der Waals surface area contributed by atoms with Gasteiger partial charge in [0.1, 0.15) is 11.8 Å². The maximum absolute atomic E-state index is 13.1. The van der Waals surface area contributed by atoms with Gasteiger partial charge in [-0.1, -0.05) is 37.6 Å². The zero-order valence-electron chi connectivity index (χ0n) is 20.3. The first kappa shape index (κ1) is 24.7. The Morgan fingerprint density at radius 3 is 2.60 bits per heavy atom. The van der Waals surface area contributed by atoms with Crippen molar-refractivity contribution < 1.29 is 18.7 Å². The molecule has 0 spiro atoms. The Labute approximate surface area is 209 Å². The molecule has 2 aromatic heterocycles. The van der Waals surface area contributed by atoms with E-state index in [0.29, 0.717) is 23.1 Å². The van der Waals surface area contributed by atoms with Gasteiger partial charge in [0.2, 0.25) is 0 Å². The summed E-state index contributed by atoms with van der Waals surface area (Å²) in [6, 6.07) is 10.4. The summed E-state index contributed by atoms with van der Waals surface area (Å²) < 4.78 is 12.8. The standard InChI is InChI=1S/C26H29ClN4O4/c1-16(2)14-30-18(4)21(17(3)28-30)12-26(33)35-15-25(32)31-23(24-6-5-11-34-24)13-22(29-31)19-7-9-20(27)10-8-19/h5-11,16,23H,12-15H2,1-4H3. The number of rotatable bonds is 8. The number of aromatic nitrogens is 2. The van der Waals surface area contributed by atoms with E-state index in [-0.39, 0.29) is 6.42 Å². The number of carbonyl (C=O) groups is 2. The van der Waals surface area contributed by atoms with Gasteiger partial charge in [-0.3, -0.25) is 14.3 Å². The molecule has 8 nitrogen and oxygen atoms in total. The fraction of sp³-hybridized carbons (Fsp3) is 0.385. The quantitative estimate of drug-likeness (QED) is 0.415. The maximum Gasteiger partial charge on any atom is 0.310 e. The number of nitrogens with zero attached hydrogens (tertiary/aromatic N) is 4. The van der Waals surface area contributed by atoms with Crippen molar-refractivity contribution in [3.63, 3.8) is 0 Å². The summed E-state index contributed by atoms with van der Waals surface area (Å²) in [6.45, 7) is 8.42. The molecule has 1 amide bonds. The molecular weight excluding hydrogens is 468 g/mol. The van der Waals surface area contributed by atoms with Crippen molar-refractivity contribution in [1.29, 1.82) is 0 Å². The highest BCUT2D eigenvalue weighted by molar-refractivity contribution is 6.30. The molecule has 1 unspecified atom stereocenters. The summed E-state index contributed by atoms with van der Waals surface area (Å²) in [5.41, 5.74) is 4.16. The van der Waals surface area contributed by atoms with Gasteiger partial charge < -0.3 is 9.15 Å². The molecule has 0 saturated heterocycles. The number of carbonyl (C=O) groups excluding carboxylic acids is 2. The minimum atomic E-state index is -0.482. The molecule has 3 heterocycles.